The Bertz CT molecular complexity index is 989. The van der Waals surface area contributed by atoms with Crippen LogP contribution in [0.5, 0.6) is 0 Å². The molecule has 1 atom stereocenters. The summed E-state index contributed by atoms with van der Waals surface area (Å²) in [4.78, 5) is 9.94. The third-order valence-corrected chi connectivity index (χ3v) is 5.09. The normalized spacial score (nSPS) is 16.2. The number of hydrogen-bond acceptors (Lipinski definition) is 4. The monoisotopic (exact) mass is 539 g/mol. The lowest BCUT2D eigenvalue weighted by Gasteiger charge is -2.21. The molecule has 1 fully saturated rings. The molecule has 164 valence electrons. The molecular formula is C21H24F2IN7. The summed E-state index contributed by atoms with van der Waals surface area (Å²) in [5.74, 6) is -0.420. The third kappa shape index (κ3) is 5.49. The summed E-state index contributed by atoms with van der Waals surface area (Å²) in [7, 11) is 1.70. The number of para-hydroxylation sites is 1. The van der Waals surface area contributed by atoms with Crippen molar-refractivity contribution in [2.45, 2.75) is 19.0 Å². The van der Waals surface area contributed by atoms with Gasteiger partial charge in [-0.05, 0) is 36.2 Å². The molecule has 0 aliphatic carbocycles. The predicted molar refractivity (Wildman–Crippen MR) is 127 cm³/mol. The molecule has 2 aromatic carbocycles. The van der Waals surface area contributed by atoms with Crippen LogP contribution in [0.2, 0.25) is 0 Å². The highest BCUT2D eigenvalue weighted by atomic mass is 127. The topological polar surface area (TPSA) is 70.4 Å². The molecule has 7 nitrogen and oxygen atoms in total. The first kappa shape index (κ1) is 22.9. The van der Waals surface area contributed by atoms with Crippen LogP contribution in [0.4, 0.5) is 14.5 Å². The molecule has 4 rings (SSSR count). The minimum atomic E-state index is -0.535. The van der Waals surface area contributed by atoms with Gasteiger partial charge in [0, 0.05) is 32.7 Å². The molecule has 2 N–H and O–H groups in total. The Morgan fingerprint density at radius 2 is 1.90 bits per heavy atom. The second kappa shape index (κ2) is 10.5. The molecule has 1 saturated heterocycles. The van der Waals surface area contributed by atoms with E-state index in [-0.39, 0.29) is 35.7 Å². The van der Waals surface area contributed by atoms with Crippen LogP contribution in [0, 0.1) is 11.6 Å². The molecule has 0 amide bonds. The van der Waals surface area contributed by atoms with Gasteiger partial charge in [0.1, 0.15) is 30.0 Å². The minimum Gasteiger partial charge on any atom is -0.365 e. The minimum absolute atomic E-state index is 0. The number of benzene rings is 2. The van der Waals surface area contributed by atoms with E-state index in [0.717, 1.165) is 17.7 Å². The number of aromatic nitrogens is 3. The van der Waals surface area contributed by atoms with E-state index in [2.05, 4.69) is 25.7 Å². The number of nitrogens with one attached hydrogen (secondary N) is 2. The number of hydrogen-bond donors (Lipinski definition) is 2. The van der Waals surface area contributed by atoms with Crippen LogP contribution in [0.25, 0.3) is 5.69 Å². The molecule has 10 heteroatoms. The summed E-state index contributed by atoms with van der Waals surface area (Å²) in [5.41, 5.74) is 2.06. The summed E-state index contributed by atoms with van der Waals surface area (Å²) in [6.45, 7) is 1.68. The van der Waals surface area contributed by atoms with E-state index >= 15 is 0 Å². The Kier molecular flexibility index (Phi) is 7.77. The van der Waals surface area contributed by atoms with Gasteiger partial charge in [0.2, 0.25) is 0 Å². The average Bonchev–Trinajstić information content (AvgIpc) is 3.44. The lowest BCUT2D eigenvalue weighted by atomic mass is 10.2. The first-order chi connectivity index (χ1) is 14.6. The van der Waals surface area contributed by atoms with Crippen molar-refractivity contribution in [2.75, 3.05) is 25.0 Å². The van der Waals surface area contributed by atoms with Gasteiger partial charge in [-0.15, -0.1) is 24.0 Å². The zero-order valence-electron chi connectivity index (χ0n) is 17.0. The highest BCUT2D eigenvalue weighted by Crippen LogP contribution is 2.26. The largest absolute Gasteiger partial charge is 0.365 e. The van der Waals surface area contributed by atoms with Gasteiger partial charge in [-0.25, -0.2) is 18.4 Å². The van der Waals surface area contributed by atoms with Crippen molar-refractivity contribution in [2.24, 2.45) is 4.99 Å². The molecule has 1 aromatic heterocycles. The van der Waals surface area contributed by atoms with Gasteiger partial charge in [-0.3, -0.25) is 4.99 Å². The fraction of sp³-hybridized carbons (Fsp3) is 0.286. The van der Waals surface area contributed by atoms with E-state index in [4.69, 9.17) is 0 Å². The maximum absolute atomic E-state index is 14.0. The number of anilines is 1. The number of halogens is 3. The first-order valence-electron chi connectivity index (χ1n) is 9.74. The Morgan fingerprint density at radius 3 is 2.55 bits per heavy atom. The standard InChI is InChI=1S/C21H23F2N7.HI/c1-24-21(26-11-15-5-7-17(8-6-15)30-14-25-13-27-30)28-16-9-10-29(12-16)20-18(22)3-2-4-19(20)23;/h2-8,13-14,16H,9-12H2,1H3,(H2,24,26,28);1H. The lowest BCUT2D eigenvalue weighted by Crippen LogP contribution is -2.44. The van der Waals surface area contributed by atoms with Gasteiger partial charge < -0.3 is 15.5 Å². The van der Waals surface area contributed by atoms with Crippen molar-refractivity contribution < 1.29 is 8.78 Å². The van der Waals surface area contributed by atoms with E-state index in [1.165, 1.54) is 24.5 Å². The van der Waals surface area contributed by atoms with Crippen molar-refractivity contribution in [3.8, 4) is 5.69 Å². The van der Waals surface area contributed by atoms with Gasteiger partial charge in [0.05, 0.1) is 5.69 Å². The quantitative estimate of drug-likeness (QED) is 0.297. The Morgan fingerprint density at radius 1 is 1.16 bits per heavy atom. The van der Waals surface area contributed by atoms with Crippen LogP contribution in [0.3, 0.4) is 0 Å². The second-order valence-electron chi connectivity index (χ2n) is 7.08. The second-order valence-corrected chi connectivity index (χ2v) is 7.08. The van der Waals surface area contributed by atoms with Gasteiger partial charge in [0.15, 0.2) is 5.96 Å². The smallest absolute Gasteiger partial charge is 0.191 e. The maximum Gasteiger partial charge on any atom is 0.191 e. The summed E-state index contributed by atoms with van der Waals surface area (Å²) in [6, 6.07) is 12.0. The summed E-state index contributed by atoms with van der Waals surface area (Å²) in [5, 5.41) is 10.7. The summed E-state index contributed by atoms with van der Waals surface area (Å²) >= 11 is 0. The van der Waals surface area contributed by atoms with E-state index in [9.17, 15) is 8.78 Å². The molecule has 1 aliphatic rings. The van der Waals surface area contributed by atoms with E-state index < -0.39 is 11.6 Å². The molecule has 0 radical (unpaired) electrons. The molecule has 0 spiro atoms. The van der Waals surface area contributed by atoms with Crippen LogP contribution in [0.15, 0.2) is 60.1 Å². The number of guanidine groups is 1. The van der Waals surface area contributed by atoms with E-state index in [1.807, 2.05) is 24.3 Å². The highest BCUT2D eigenvalue weighted by molar-refractivity contribution is 14.0. The van der Waals surface area contributed by atoms with Crippen LogP contribution in [-0.2, 0) is 6.54 Å². The number of aliphatic imine (C=N–C) groups is 1. The summed E-state index contributed by atoms with van der Waals surface area (Å²) in [6.07, 6.45) is 3.91. The zero-order valence-corrected chi connectivity index (χ0v) is 19.3. The Labute approximate surface area is 196 Å². The summed E-state index contributed by atoms with van der Waals surface area (Å²) < 4.78 is 29.8. The van der Waals surface area contributed by atoms with Crippen molar-refractivity contribution in [3.63, 3.8) is 0 Å². The van der Waals surface area contributed by atoms with Gasteiger partial charge in [0.25, 0.3) is 0 Å². The Hall–Kier alpha value is -2.76. The average molecular weight is 539 g/mol. The predicted octanol–water partition coefficient (Wildman–Crippen LogP) is 3.11. The van der Waals surface area contributed by atoms with Gasteiger partial charge in [-0.2, -0.15) is 5.10 Å². The Balaban J connectivity index is 0.00000272. The van der Waals surface area contributed by atoms with Crippen molar-refractivity contribution in [1.82, 2.24) is 25.4 Å². The number of nitrogens with zero attached hydrogens (tertiary/aromatic N) is 5. The van der Waals surface area contributed by atoms with Crippen molar-refractivity contribution in [1.29, 1.82) is 0 Å². The molecule has 0 saturated carbocycles. The first-order valence-corrected chi connectivity index (χ1v) is 9.74. The van der Waals surface area contributed by atoms with Gasteiger partial charge >= 0.3 is 0 Å². The van der Waals surface area contributed by atoms with Gasteiger partial charge in [-0.1, -0.05) is 18.2 Å². The fourth-order valence-corrected chi connectivity index (χ4v) is 3.55. The van der Waals surface area contributed by atoms with Crippen molar-refractivity contribution in [3.05, 3.63) is 72.3 Å². The third-order valence-electron chi connectivity index (χ3n) is 5.09. The highest BCUT2D eigenvalue weighted by Gasteiger charge is 2.27. The zero-order chi connectivity index (χ0) is 20.9. The molecule has 1 aliphatic heterocycles. The van der Waals surface area contributed by atoms with Crippen molar-refractivity contribution >= 4 is 35.6 Å². The van der Waals surface area contributed by atoms with E-state index in [0.29, 0.717) is 25.6 Å². The van der Waals surface area contributed by atoms with E-state index in [1.54, 1.807) is 23.0 Å². The molecule has 1 unspecified atom stereocenters. The molecule has 2 heterocycles. The molecule has 0 bridgehead atoms. The lowest BCUT2D eigenvalue weighted by molar-refractivity contribution is 0.576. The van der Waals surface area contributed by atoms with Crippen LogP contribution in [0.1, 0.15) is 12.0 Å². The van der Waals surface area contributed by atoms with Crippen LogP contribution < -0.4 is 15.5 Å². The SMILES string of the molecule is CN=C(NCc1ccc(-n2cncn2)cc1)NC1CCN(c2c(F)cccc2F)C1.I. The molecular weight excluding hydrogens is 515 g/mol. The molecule has 3 aromatic rings. The van der Waals surface area contributed by atoms with Crippen LogP contribution >= 0.6 is 24.0 Å². The molecule has 31 heavy (non-hydrogen) atoms. The maximum atomic E-state index is 14.0. The number of rotatable bonds is 5. The van der Waals surface area contributed by atoms with Crippen LogP contribution in [-0.4, -0.2) is 46.9 Å². The fourth-order valence-electron chi connectivity index (χ4n) is 3.55.